The van der Waals surface area contributed by atoms with Crippen molar-refractivity contribution in [2.45, 2.75) is 90.5 Å². The standard InChI is InChI=1S/C18H34N2O6/c1-7-8-9-10-13(19)11-14(22)20(17(24)26-18(3,4)5)15(12(2)21)16(23)25-6/h12-13,15,21H,7-11,19H2,1-6H3/t12?,13?,15-/m0/s1. The highest BCUT2D eigenvalue weighted by molar-refractivity contribution is 5.97. The minimum atomic E-state index is -1.50. The molecule has 8 nitrogen and oxygen atoms in total. The third kappa shape index (κ3) is 8.62. The Hall–Kier alpha value is -1.67. The van der Waals surface area contributed by atoms with Crippen LogP contribution in [0.4, 0.5) is 4.79 Å². The van der Waals surface area contributed by atoms with Gasteiger partial charge in [-0.25, -0.2) is 14.5 Å². The molecule has 0 aromatic rings. The van der Waals surface area contributed by atoms with Crippen LogP contribution in [0, 0.1) is 0 Å². The van der Waals surface area contributed by atoms with Gasteiger partial charge in [-0.15, -0.1) is 0 Å². The lowest BCUT2D eigenvalue weighted by Gasteiger charge is -2.32. The van der Waals surface area contributed by atoms with Crippen molar-refractivity contribution >= 4 is 18.0 Å². The number of aliphatic hydroxyl groups excluding tert-OH is 1. The SMILES string of the molecule is CCCCCC(N)CC(=O)N(C(=O)OC(C)(C)C)[C@H](C(=O)OC)C(C)O. The van der Waals surface area contributed by atoms with Gasteiger partial charge in [-0.3, -0.25) is 4.79 Å². The molecule has 2 unspecified atom stereocenters. The van der Waals surface area contributed by atoms with Gasteiger partial charge in [0.25, 0.3) is 0 Å². The van der Waals surface area contributed by atoms with E-state index in [4.69, 9.17) is 10.5 Å². The number of unbranched alkanes of at least 4 members (excludes halogenated alkanes) is 2. The second kappa shape index (κ2) is 11.1. The Bertz CT molecular complexity index is 473. The van der Waals surface area contributed by atoms with Crippen molar-refractivity contribution in [3.63, 3.8) is 0 Å². The van der Waals surface area contributed by atoms with E-state index in [1.807, 2.05) is 0 Å². The van der Waals surface area contributed by atoms with E-state index in [1.165, 1.54) is 6.92 Å². The summed E-state index contributed by atoms with van der Waals surface area (Å²) in [5.74, 6) is -1.58. The van der Waals surface area contributed by atoms with Crippen LogP contribution in [0.25, 0.3) is 0 Å². The van der Waals surface area contributed by atoms with Gasteiger partial charge in [-0.2, -0.15) is 0 Å². The van der Waals surface area contributed by atoms with Crippen LogP contribution in [0.15, 0.2) is 0 Å². The Labute approximate surface area is 156 Å². The van der Waals surface area contributed by atoms with E-state index >= 15 is 0 Å². The number of hydrogen-bond acceptors (Lipinski definition) is 7. The molecule has 3 N–H and O–H groups in total. The van der Waals surface area contributed by atoms with E-state index in [1.54, 1.807) is 20.8 Å². The molecule has 0 rings (SSSR count). The predicted molar refractivity (Wildman–Crippen MR) is 97.3 cm³/mol. The zero-order valence-corrected chi connectivity index (χ0v) is 16.8. The highest BCUT2D eigenvalue weighted by Gasteiger charge is 2.41. The molecule has 26 heavy (non-hydrogen) atoms. The van der Waals surface area contributed by atoms with Gasteiger partial charge in [-0.05, 0) is 34.1 Å². The number of nitrogens with zero attached hydrogens (tertiary/aromatic N) is 1. The molecule has 0 aliphatic carbocycles. The third-order valence-corrected chi connectivity index (χ3v) is 3.65. The minimum absolute atomic E-state index is 0.136. The fourth-order valence-corrected chi connectivity index (χ4v) is 2.40. The molecular weight excluding hydrogens is 340 g/mol. The normalized spacial score (nSPS) is 14.9. The Morgan fingerprint density at radius 2 is 1.77 bits per heavy atom. The number of methoxy groups -OCH3 is 1. The molecule has 152 valence electrons. The van der Waals surface area contributed by atoms with Gasteiger partial charge in [0, 0.05) is 12.5 Å². The van der Waals surface area contributed by atoms with Gasteiger partial charge in [0.15, 0.2) is 6.04 Å². The summed E-state index contributed by atoms with van der Waals surface area (Å²) in [6.45, 7) is 8.27. The van der Waals surface area contributed by atoms with Crippen molar-refractivity contribution in [1.29, 1.82) is 0 Å². The average Bonchev–Trinajstić information content (AvgIpc) is 2.49. The van der Waals surface area contributed by atoms with Gasteiger partial charge in [0.05, 0.1) is 13.2 Å². The third-order valence-electron chi connectivity index (χ3n) is 3.65. The van der Waals surface area contributed by atoms with E-state index in [0.717, 1.165) is 26.4 Å². The Kier molecular flexibility index (Phi) is 10.4. The number of carbonyl (C=O) groups is 3. The summed E-state index contributed by atoms with van der Waals surface area (Å²) in [4.78, 5) is 37.9. The Balaban J connectivity index is 5.45. The van der Waals surface area contributed by atoms with E-state index < -0.39 is 41.8 Å². The number of esters is 1. The number of rotatable bonds is 9. The van der Waals surface area contributed by atoms with E-state index in [2.05, 4.69) is 11.7 Å². The van der Waals surface area contributed by atoms with Crippen LogP contribution < -0.4 is 5.73 Å². The number of carbonyl (C=O) groups excluding carboxylic acids is 3. The lowest BCUT2D eigenvalue weighted by atomic mass is 10.0. The highest BCUT2D eigenvalue weighted by atomic mass is 16.6. The van der Waals surface area contributed by atoms with Crippen molar-refractivity contribution in [2.24, 2.45) is 5.73 Å². The van der Waals surface area contributed by atoms with Crippen molar-refractivity contribution in [3.05, 3.63) is 0 Å². The molecule has 0 aliphatic rings. The van der Waals surface area contributed by atoms with Crippen molar-refractivity contribution in [3.8, 4) is 0 Å². The largest absolute Gasteiger partial charge is 0.467 e. The molecule has 0 aliphatic heterocycles. The van der Waals surface area contributed by atoms with Crippen LogP contribution >= 0.6 is 0 Å². The zero-order valence-electron chi connectivity index (χ0n) is 16.8. The highest BCUT2D eigenvalue weighted by Crippen LogP contribution is 2.17. The summed E-state index contributed by atoms with van der Waals surface area (Å²) in [7, 11) is 1.12. The maximum absolute atomic E-state index is 12.7. The quantitative estimate of drug-likeness (QED) is 0.468. The first-order valence-electron chi connectivity index (χ1n) is 9.01. The first-order valence-corrected chi connectivity index (χ1v) is 9.01. The molecule has 0 spiro atoms. The summed E-state index contributed by atoms with van der Waals surface area (Å²) in [6, 6.07) is -1.95. The maximum atomic E-state index is 12.7. The molecule has 8 heteroatoms. The van der Waals surface area contributed by atoms with Gasteiger partial charge in [0.1, 0.15) is 5.60 Å². The van der Waals surface area contributed by atoms with Crippen LogP contribution in [-0.2, 0) is 19.1 Å². The second-order valence-electron chi connectivity index (χ2n) is 7.41. The van der Waals surface area contributed by atoms with Crippen molar-refractivity contribution in [2.75, 3.05) is 7.11 Å². The van der Waals surface area contributed by atoms with Crippen LogP contribution in [0.1, 0.15) is 66.7 Å². The fraction of sp³-hybridized carbons (Fsp3) is 0.833. The number of amides is 2. The number of nitrogens with two attached hydrogens (primary N) is 1. The molecule has 0 aromatic carbocycles. The zero-order chi connectivity index (χ0) is 20.5. The maximum Gasteiger partial charge on any atom is 0.417 e. The average molecular weight is 374 g/mol. The number of hydrogen-bond donors (Lipinski definition) is 2. The van der Waals surface area contributed by atoms with E-state index in [0.29, 0.717) is 11.3 Å². The monoisotopic (exact) mass is 374 g/mol. The van der Waals surface area contributed by atoms with Crippen LogP contribution in [0.5, 0.6) is 0 Å². The van der Waals surface area contributed by atoms with Gasteiger partial charge >= 0.3 is 12.1 Å². The molecule has 0 aromatic heterocycles. The summed E-state index contributed by atoms with van der Waals surface area (Å²) < 4.78 is 9.87. The van der Waals surface area contributed by atoms with Crippen LogP contribution in [0.3, 0.4) is 0 Å². The number of aliphatic hydroxyl groups is 1. The first-order chi connectivity index (χ1) is 11.9. The molecule has 0 radical (unpaired) electrons. The van der Waals surface area contributed by atoms with Gasteiger partial charge < -0.3 is 20.3 Å². The summed E-state index contributed by atoms with van der Waals surface area (Å²) >= 11 is 0. The Morgan fingerprint density at radius 3 is 2.19 bits per heavy atom. The first kappa shape index (κ1) is 24.3. The molecule has 0 saturated heterocycles. The van der Waals surface area contributed by atoms with Crippen LogP contribution in [-0.4, -0.2) is 58.9 Å². The molecule has 3 atom stereocenters. The molecule has 0 fully saturated rings. The second-order valence-corrected chi connectivity index (χ2v) is 7.41. The summed E-state index contributed by atoms with van der Waals surface area (Å²) in [6.07, 6.45) is 1.04. The van der Waals surface area contributed by atoms with Gasteiger partial charge in [0.2, 0.25) is 5.91 Å². The smallest absolute Gasteiger partial charge is 0.417 e. The minimum Gasteiger partial charge on any atom is -0.467 e. The predicted octanol–water partition coefficient (Wildman–Crippen LogP) is 1.97. The fourth-order valence-electron chi connectivity index (χ4n) is 2.40. The summed E-state index contributed by atoms with van der Waals surface area (Å²) in [5, 5.41) is 9.95. The van der Waals surface area contributed by atoms with Crippen LogP contribution in [0.2, 0.25) is 0 Å². The van der Waals surface area contributed by atoms with Gasteiger partial charge in [-0.1, -0.05) is 26.2 Å². The molecule has 0 saturated carbocycles. The molecule has 0 bridgehead atoms. The van der Waals surface area contributed by atoms with Crippen molar-refractivity contribution in [1.82, 2.24) is 4.90 Å². The molecule has 2 amide bonds. The molecular formula is C18H34N2O6. The number of imide groups is 1. The summed E-state index contributed by atoms with van der Waals surface area (Å²) in [5.41, 5.74) is 5.11. The van der Waals surface area contributed by atoms with E-state index in [9.17, 15) is 19.5 Å². The topological polar surface area (TPSA) is 119 Å². The number of ether oxygens (including phenoxy) is 2. The molecule has 0 heterocycles. The lowest BCUT2D eigenvalue weighted by molar-refractivity contribution is -0.156. The van der Waals surface area contributed by atoms with E-state index in [-0.39, 0.29) is 6.42 Å². The Morgan fingerprint density at radius 1 is 1.19 bits per heavy atom. The van der Waals surface area contributed by atoms with Crippen molar-refractivity contribution < 1.29 is 29.0 Å². The lowest BCUT2D eigenvalue weighted by Crippen LogP contribution is -2.56.